The van der Waals surface area contributed by atoms with Crippen LogP contribution in [0.3, 0.4) is 0 Å². The lowest BCUT2D eigenvalue weighted by Gasteiger charge is -2.40. The Morgan fingerprint density at radius 2 is 1.02 bits per heavy atom. The van der Waals surface area contributed by atoms with Crippen LogP contribution in [0.25, 0.3) is 66.0 Å². The van der Waals surface area contributed by atoms with E-state index >= 15 is 0 Å². The summed E-state index contributed by atoms with van der Waals surface area (Å²) in [5, 5.41) is 4.79. The zero-order valence-electron chi connectivity index (χ0n) is 23.3. The molecule has 0 saturated carbocycles. The molecule has 0 N–H and O–H groups in total. The van der Waals surface area contributed by atoms with E-state index in [4.69, 9.17) is 4.98 Å². The summed E-state index contributed by atoms with van der Waals surface area (Å²) >= 11 is 0. The third kappa shape index (κ3) is 2.83. The summed E-state index contributed by atoms with van der Waals surface area (Å²) in [5.74, 6) is 0. The molecule has 0 aliphatic heterocycles. The van der Waals surface area contributed by atoms with E-state index < -0.39 is 0 Å². The molecule has 2 heterocycles. The number of pyridine rings is 2. The van der Waals surface area contributed by atoms with Gasteiger partial charge in [0.05, 0.1) is 16.4 Å². The molecule has 1 spiro atoms. The Hall–Kier alpha value is -5.60. The maximum absolute atomic E-state index is 4.98. The summed E-state index contributed by atoms with van der Waals surface area (Å²) < 4.78 is 0. The standard InChI is InChI=1S/C41H24N2/c1-4-14-34-29(10-1)30-11-2-5-15-35(30)41(34)36-16-6-3-12-31(36)33-21-20-28(32-13-7-17-37(41)38(32)33)27-23-26-19-18-25-9-8-22-42-39(25)40(26)43-24-27/h1-24H. The van der Waals surface area contributed by atoms with Gasteiger partial charge in [-0.2, -0.15) is 0 Å². The molecule has 0 fully saturated rings. The highest BCUT2D eigenvalue weighted by atomic mass is 14.7. The van der Waals surface area contributed by atoms with Crippen molar-refractivity contribution < 1.29 is 0 Å². The molecule has 0 radical (unpaired) electrons. The van der Waals surface area contributed by atoms with Crippen molar-refractivity contribution in [2.24, 2.45) is 0 Å². The molecule has 2 aliphatic rings. The van der Waals surface area contributed by atoms with Crippen LogP contribution in [-0.4, -0.2) is 9.97 Å². The first-order valence-corrected chi connectivity index (χ1v) is 14.8. The summed E-state index contributed by atoms with van der Waals surface area (Å²) in [6.45, 7) is 0. The normalized spacial score (nSPS) is 13.8. The molecule has 0 saturated heterocycles. The molecule has 2 aromatic heterocycles. The van der Waals surface area contributed by atoms with E-state index in [0.29, 0.717) is 0 Å². The van der Waals surface area contributed by atoms with Gasteiger partial charge in [0, 0.05) is 28.7 Å². The summed E-state index contributed by atoms with van der Waals surface area (Å²) in [6.07, 6.45) is 3.86. The fourth-order valence-corrected chi connectivity index (χ4v) is 8.08. The third-order valence-corrected chi connectivity index (χ3v) is 9.75. The van der Waals surface area contributed by atoms with Gasteiger partial charge in [0.25, 0.3) is 0 Å². The van der Waals surface area contributed by atoms with Crippen molar-refractivity contribution in [2.45, 2.75) is 5.41 Å². The maximum atomic E-state index is 4.98. The highest BCUT2D eigenvalue weighted by Gasteiger charge is 2.49. The van der Waals surface area contributed by atoms with Crippen LogP contribution in [0.4, 0.5) is 0 Å². The first-order valence-electron chi connectivity index (χ1n) is 14.8. The molecule has 6 aromatic carbocycles. The lowest BCUT2D eigenvalue weighted by Crippen LogP contribution is -2.31. The van der Waals surface area contributed by atoms with Crippen molar-refractivity contribution in [3.63, 3.8) is 0 Å². The van der Waals surface area contributed by atoms with Crippen LogP contribution in [0.2, 0.25) is 0 Å². The highest BCUT2D eigenvalue weighted by Crippen LogP contribution is 2.62. The number of hydrogen-bond acceptors (Lipinski definition) is 2. The summed E-state index contributed by atoms with van der Waals surface area (Å²) in [4.78, 5) is 9.62. The average Bonchev–Trinajstić information content (AvgIpc) is 3.37. The van der Waals surface area contributed by atoms with Gasteiger partial charge in [-0.1, -0.05) is 121 Å². The van der Waals surface area contributed by atoms with Crippen LogP contribution in [0.1, 0.15) is 22.3 Å². The Morgan fingerprint density at radius 3 is 1.77 bits per heavy atom. The molecule has 0 unspecified atom stereocenters. The molecule has 0 amide bonds. The molecule has 2 aliphatic carbocycles. The number of fused-ring (bicyclic) bond motifs is 12. The fourth-order valence-electron chi connectivity index (χ4n) is 8.08. The second kappa shape index (κ2) is 8.24. The maximum Gasteiger partial charge on any atom is 0.0964 e. The van der Waals surface area contributed by atoms with Crippen molar-refractivity contribution in [2.75, 3.05) is 0 Å². The number of hydrogen-bond donors (Lipinski definition) is 0. The molecule has 0 bridgehead atoms. The van der Waals surface area contributed by atoms with Crippen molar-refractivity contribution in [3.8, 4) is 33.4 Å². The topological polar surface area (TPSA) is 25.8 Å². The van der Waals surface area contributed by atoms with Crippen LogP contribution < -0.4 is 0 Å². The van der Waals surface area contributed by atoms with E-state index in [9.17, 15) is 0 Å². The minimum absolute atomic E-state index is 0.388. The van der Waals surface area contributed by atoms with Crippen LogP contribution in [-0.2, 0) is 5.41 Å². The van der Waals surface area contributed by atoms with Crippen molar-refractivity contribution in [3.05, 3.63) is 168 Å². The molecule has 2 nitrogen and oxygen atoms in total. The smallest absolute Gasteiger partial charge is 0.0964 e. The molecule has 10 rings (SSSR count). The van der Waals surface area contributed by atoms with Gasteiger partial charge in [0.2, 0.25) is 0 Å². The molecule has 0 atom stereocenters. The van der Waals surface area contributed by atoms with Crippen molar-refractivity contribution >= 4 is 32.6 Å². The number of nitrogens with zero attached hydrogens (tertiary/aromatic N) is 2. The van der Waals surface area contributed by atoms with E-state index in [1.165, 1.54) is 60.8 Å². The quantitative estimate of drug-likeness (QED) is 0.192. The van der Waals surface area contributed by atoms with Gasteiger partial charge < -0.3 is 0 Å². The SMILES string of the molecule is c1ccc2c(c1)-c1ccccc1C21c2ccccc2-c2ccc(-c3cnc4c(ccc5cccnc54)c3)c3cccc1c23. The van der Waals surface area contributed by atoms with Crippen molar-refractivity contribution in [1.29, 1.82) is 0 Å². The predicted octanol–water partition coefficient (Wildman–Crippen LogP) is 9.95. The third-order valence-electron chi connectivity index (χ3n) is 9.75. The van der Waals surface area contributed by atoms with Crippen LogP contribution in [0.5, 0.6) is 0 Å². The Balaban J connectivity index is 1.32. The molecular formula is C41H24N2. The lowest BCUT2D eigenvalue weighted by molar-refractivity contribution is 0.773. The summed E-state index contributed by atoms with van der Waals surface area (Å²) in [5.41, 5.74) is 14.5. The Bertz CT molecular complexity index is 2430. The van der Waals surface area contributed by atoms with Gasteiger partial charge in [-0.15, -0.1) is 0 Å². The Morgan fingerprint density at radius 1 is 0.419 bits per heavy atom. The van der Waals surface area contributed by atoms with E-state index in [-0.39, 0.29) is 5.41 Å². The summed E-state index contributed by atoms with van der Waals surface area (Å²) in [6, 6.07) is 49.2. The predicted molar refractivity (Wildman–Crippen MR) is 176 cm³/mol. The number of benzene rings is 6. The first-order chi connectivity index (χ1) is 21.3. The van der Waals surface area contributed by atoms with Gasteiger partial charge in [-0.3, -0.25) is 9.97 Å². The minimum Gasteiger partial charge on any atom is -0.254 e. The summed E-state index contributed by atoms with van der Waals surface area (Å²) in [7, 11) is 0. The van der Waals surface area contributed by atoms with E-state index in [0.717, 1.165) is 27.4 Å². The fraction of sp³-hybridized carbons (Fsp3) is 0.0244. The minimum atomic E-state index is -0.388. The van der Waals surface area contributed by atoms with Crippen LogP contribution in [0.15, 0.2) is 146 Å². The first kappa shape index (κ1) is 23.0. The van der Waals surface area contributed by atoms with Crippen LogP contribution in [0, 0.1) is 0 Å². The van der Waals surface area contributed by atoms with E-state index in [1.807, 2.05) is 18.5 Å². The van der Waals surface area contributed by atoms with Gasteiger partial charge in [0.15, 0.2) is 0 Å². The average molecular weight is 545 g/mol. The zero-order valence-corrected chi connectivity index (χ0v) is 23.3. The highest BCUT2D eigenvalue weighted by molar-refractivity contribution is 6.12. The number of aromatic nitrogens is 2. The molecular weight excluding hydrogens is 520 g/mol. The van der Waals surface area contributed by atoms with Gasteiger partial charge >= 0.3 is 0 Å². The number of rotatable bonds is 1. The second-order valence-electron chi connectivity index (χ2n) is 11.7. The van der Waals surface area contributed by atoms with Gasteiger partial charge in [-0.05, 0) is 73.0 Å². The second-order valence-corrected chi connectivity index (χ2v) is 11.7. The van der Waals surface area contributed by atoms with Gasteiger partial charge in [-0.25, -0.2) is 0 Å². The van der Waals surface area contributed by atoms with Gasteiger partial charge in [0.1, 0.15) is 0 Å². The molecule has 2 heteroatoms. The Labute approximate surface area is 248 Å². The monoisotopic (exact) mass is 544 g/mol. The Kier molecular flexibility index (Phi) is 4.41. The molecule has 43 heavy (non-hydrogen) atoms. The van der Waals surface area contributed by atoms with Crippen molar-refractivity contribution in [1.82, 2.24) is 9.97 Å². The van der Waals surface area contributed by atoms with E-state index in [1.54, 1.807) is 0 Å². The lowest BCUT2D eigenvalue weighted by atomic mass is 9.61. The molecule has 198 valence electrons. The largest absolute Gasteiger partial charge is 0.254 e. The van der Waals surface area contributed by atoms with E-state index in [2.05, 4.69) is 132 Å². The molecule has 8 aromatic rings. The van der Waals surface area contributed by atoms with Crippen LogP contribution >= 0.6 is 0 Å². The zero-order chi connectivity index (χ0) is 28.1.